The Morgan fingerprint density at radius 2 is 1.75 bits per heavy atom. The third-order valence-electron chi connectivity index (χ3n) is 8.76. The number of carbonyl (C=O) groups excluding carboxylic acids is 1. The Balaban J connectivity index is 1.75. The highest BCUT2D eigenvalue weighted by molar-refractivity contribution is 5.85. The van der Waals surface area contributed by atoms with Crippen LogP contribution in [0.3, 0.4) is 0 Å². The van der Waals surface area contributed by atoms with Gasteiger partial charge in [0.15, 0.2) is 12.1 Å². The molecule has 24 heavy (non-hydrogen) atoms. The molecule has 4 fully saturated rings. The highest BCUT2D eigenvalue weighted by Gasteiger charge is 2.68. The fraction of sp³-hybridized carbons (Fsp3) is 0.950. The molecule has 0 aromatic heterocycles. The Kier molecular flexibility index (Phi) is 3.57. The zero-order valence-electron chi connectivity index (χ0n) is 15.2. The summed E-state index contributed by atoms with van der Waals surface area (Å²) in [6, 6.07) is 0. The van der Waals surface area contributed by atoms with Gasteiger partial charge >= 0.3 is 0 Å². The van der Waals surface area contributed by atoms with Crippen LogP contribution in [0.1, 0.15) is 65.7 Å². The van der Waals surface area contributed by atoms with Crippen molar-refractivity contribution in [1.82, 2.24) is 0 Å². The summed E-state index contributed by atoms with van der Waals surface area (Å²) in [5, 5.41) is 30.6. The number of aliphatic hydroxyl groups is 3. The average molecular weight is 336 g/mol. The molecule has 0 radical (unpaired) electrons. The van der Waals surface area contributed by atoms with Crippen LogP contribution >= 0.6 is 0 Å². The second-order valence-corrected chi connectivity index (χ2v) is 10.2. The van der Waals surface area contributed by atoms with Gasteiger partial charge in [-0.25, -0.2) is 0 Å². The first-order valence-corrected chi connectivity index (χ1v) is 9.69. The van der Waals surface area contributed by atoms with Gasteiger partial charge in [0, 0.05) is 17.8 Å². The van der Waals surface area contributed by atoms with Crippen LogP contribution in [-0.2, 0) is 4.79 Å². The van der Waals surface area contributed by atoms with Gasteiger partial charge in [-0.05, 0) is 67.1 Å². The highest BCUT2D eigenvalue weighted by Crippen LogP contribution is 2.72. The molecule has 2 bridgehead atoms. The van der Waals surface area contributed by atoms with E-state index < -0.39 is 12.4 Å². The number of fused-ring (bicyclic) bond motifs is 3. The van der Waals surface area contributed by atoms with Crippen molar-refractivity contribution in [3.63, 3.8) is 0 Å². The summed E-state index contributed by atoms with van der Waals surface area (Å²) in [5.74, 6) is 1.06. The lowest BCUT2D eigenvalue weighted by molar-refractivity contribution is -0.199. The summed E-state index contributed by atoms with van der Waals surface area (Å²) >= 11 is 0. The fourth-order valence-corrected chi connectivity index (χ4v) is 7.99. The molecule has 136 valence electrons. The van der Waals surface area contributed by atoms with Gasteiger partial charge in [-0.1, -0.05) is 20.8 Å². The molecule has 4 rings (SSSR count). The lowest BCUT2D eigenvalue weighted by Crippen LogP contribution is -2.64. The average Bonchev–Trinajstić information content (AvgIpc) is 2.76. The molecular formula is C20H32O4. The van der Waals surface area contributed by atoms with Crippen LogP contribution in [0.25, 0.3) is 0 Å². The van der Waals surface area contributed by atoms with Crippen LogP contribution in [0, 0.1) is 39.9 Å². The second-order valence-electron chi connectivity index (χ2n) is 10.2. The molecule has 1 spiro atoms. The molecular weight excluding hydrogens is 304 g/mol. The molecule has 4 saturated carbocycles. The minimum absolute atomic E-state index is 0.00895. The van der Waals surface area contributed by atoms with Crippen molar-refractivity contribution >= 4 is 5.78 Å². The largest absolute Gasteiger partial charge is 0.385 e. The van der Waals surface area contributed by atoms with Gasteiger partial charge in [-0.2, -0.15) is 0 Å². The van der Waals surface area contributed by atoms with Crippen molar-refractivity contribution < 1.29 is 20.1 Å². The lowest BCUT2D eigenvalue weighted by Gasteiger charge is -2.64. The summed E-state index contributed by atoms with van der Waals surface area (Å²) < 4.78 is 0. The Morgan fingerprint density at radius 3 is 2.42 bits per heavy atom. The standard InChI is InChI=1S/C20H32O4/c1-18(2)10-13(21)16(22)19(3)14(18)6-7-20-8-11(4-5-15(19)20)12(9-20)17(23)24/h11-12,14-17,22-24H,4-10H2,1-3H3/t11-,12+,14-,15-,16?,19-,20-/m0/s1. The molecule has 1 unspecified atom stereocenters. The number of Topliss-reactive ketones (excluding diaryl/α,β-unsaturated/α-hetero) is 1. The summed E-state index contributed by atoms with van der Waals surface area (Å²) in [7, 11) is 0. The van der Waals surface area contributed by atoms with Crippen molar-refractivity contribution in [2.45, 2.75) is 78.1 Å². The molecule has 0 aliphatic heterocycles. The monoisotopic (exact) mass is 336 g/mol. The molecule has 0 saturated heterocycles. The Bertz CT molecular complexity index is 556. The molecule has 7 atom stereocenters. The number of aliphatic hydroxyl groups excluding tert-OH is 2. The molecule has 4 nitrogen and oxygen atoms in total. The minimum atomic E-state index is -1.23. The van der Waals surface area contributed by atoms with Crippen molar-refractivity contribution in [3.05, 3.63) is 0 Å². The SMILES string of the molecule is CC1(C)CC(=O)C(O)[C@]2(C)[C@@H]3CC[C@H]4C[C@@]3(CC[C@@H]12)C[C@H]4C(O)O. The first kappa shape index (κ1) is 17.0. The van der Waals surface area contributed by atoms with Crippen LogP contribution in [0.4, 0.5) is 0 Å². The second kappa shape index (κ2) is 5.05. The molecule has 0 aromatic rings. The van der Waals surface area contributed by atoms with Crippen molar-refractivity contribution in [1.29, 1.82) is 0 Å². The lowest BCUT2D eigenvalue weighted by atomic mass is 9.40. The Morgan fingerprint density at radius 1 is 1.04 bits per heavy atom. The Labute approximate surface area is 144 Å². The van der Waals surface area contributed by atoms with E-state index in [1.54, 1.807) is 0 Å². The maximum atomic E-state index is 12.6. The van der Waals surface area contributed by atoms with E-state index in [9.17, 15) is 20.1 Å². The fourth-order valence-electron chi connectivity index (χ4n) is 7.99. The summed E-state index contributed by atoms with van der Waals surface area (Å²) in [5.41, 5.74) is -0.327. The first-order chi connectivity index (χ1) is 11.1. The highest BCUT2D eigenvalue weighted by atomic mass is 16.5. The number of hydrogen-bond donors (Lipinski definition) is 3. The maximum absolute atomic E-state index is 12.6. The van der Waals surface area contributed by atoms with Gasteiger partial charge in [0.25, 0.3) is 0 Å². The third-order valence-corrected chi connectivity index (χ3v) is 8.76. The van der Waals surface area contributed by atoms with Crippen molar-refractivity contribution in [3.8, 4) is 0 Å². The van der Waals surface area contributed by atoms with Gasteiger partial charge < -0.3 is 15.3 Å². The maximum Gasteiger partial charge on any atom is 0.162 e. The first-order valence-electron chi connectivity index (χ1n) is 9.69. The van der Waals surface area contributed by atoms with Crippen LogP contribution < -0.4 is 0 Å². The van der Waals surface area contributed by atoms with Gasteiger partial charge in [-0.3, -0.25) is 4.79 Å². The van der Waals surface area contributed by atoms with E-state index in [2.05, 4.69) is 20.8 Å². The third kappa shape index (κ3) is 1.99. The molecule has 0 aromatic carbocycles. The molecule has 4 aliphatic rings. The predicted octanol–water partition coefficient (Wildman–Crippen LogP) is 2.50. The van der Waals surface area contributed by atoms with E-state index in [1.807, 2.05) is 0 Å². The molecule has 3 N–H and O–H groups in total. The zero-order valence-corrected chi connectivity index (χ0v) is 15.2. The van der Waals surface area contributed by atoms with Crippen LogP contribution in [0.5, 0.6) is 0 Å². The predicted molar refractivity (Wildman–Crippen MR) is 89.8 cm³/mol. The number of hydrogen-bond acceptors (Lipinski definition) is 4. The van der Waals surface area contributed by atoms with Crippen LogP contribution in [0.15, 0.2) is 0 Å². The number of carbonyl (C=O) groups is 1. The van der Waals surface area contributed by atoms with Crippen molar-refractivity contribution in [2.75, 3.05) is 0 Å². The number of rotatable bonds is 1. The van der Waals surface area contributed by atoms with Crippen LogP contribution in [-0.4, -0.2) is 33.5 Å². The normalized spacial score (nSPS) is 53.0. The summed E-state index contributed by atoms with van der Waals surface area (Å²) in [4.78, 5) is 12.6. The molecule has 0 heterocycles. The van der Waals surface area contributed by atoms with E-state index in [0.29, 0.717) is 24.2 Å². The Hall–Kier alpha value is -0.450. The minimum Gasteiger partial charge on any atom is -0.385 e. The van der Waals surface area contributed by atoms with E-state index in [0.717, 1.165) is 38.5 Å². The van der Waals surface area contributed by atoms with E-state index >= 15 is 0 Å². The van der Waals surface area contributed by atoms with E-state index in [4.69, 9.17) is 0 Å². The topological polar surface area (TPSA) is 77.8 Å². The number of ketones is 1. The van der Waals surface area contributed by atoms with E-state index in [-0.39, 0.29) is 27.9 Å². The van der Waals surface area contributed by atoms with Gasteiger partial charge in [-0.15, -0.1) is 0 Å². The smallest absolute Gasteiger partial charge is 0.162 e. The molecule has 4 heteroatoms. The summed E-state index contributed by atoms with van der Waals surface area (Å²) in [6.45, 7) is 6.55. The van der Waals surface area contributed by atoms with Gasteiger partial charge in [0.2, 0.25) is 0 Å². The molecule has 0 amide bonds. The molecule has 4 aliphatic carbocycles. The van der Waals surface area contributed by atoms with Crippen molar-refractivity contribution in [2.24, 2.45) is 39.9 Å². The quantitative estimate of drug-likeness (QED) is 0.643. The summed E-state index contributed by atoms with van der Waals surface area (Å²) in [6.07, 6.45) is 4.47. The zero-order chi connectivity index (χ0) is 17.5. The van der Waals surface area contributed by atoms with Crippen LogP contribution in [0.2, 0.25) is 0 Å². The van der Waals surface area contributed by atoms with Gasteiger partial charge in [0.05, 0.1) is 0 Å². The van der Waals surface area contributed by atoms with E-state index in [1.165, 1.54) is 0 Å². The van der Waals surface area contributed by atoms with Gasteiger partial charge in [0.1, 0.15) is 6.10 Å².